The van der Waals surface area contributed by atoms with Gasteiger partial charge in [0.15, 0.2) is 6.61 Å². The second-order valence-corrected chi connectivity index (χ2v) is 8.69. The molecule has 150 valence electrons. The summed E-state index contributed by atoms with van der Waals surface area (Å²) in [5.74, 6) is 0.205. The van der Waals surface area contributed by atoms with Crippen LogP contribution in [0, 0.1) is 0 Å². The number of hydrogen-bond acceptors (Lipinski definition) is 5. The topological polar surface area (TPSA) is 79.8 Å². The minimum absolute atomic E-state index is 0.117. The van der Waals surface area contributed by atoms with Gasteiger partial charge in [-0.25, -0.2) is 13.4 Å². The molecule has 0 spiro atoms. The van der Waals surface area contributed by atoms with Crippen molar-refractivity contribution in [1.82, 2.24) is 14.2 Å². The fourth-order valence-corrected chi connectivity index (χ4v) is 4.77. The van der Waals surface area contributed by atoms with E-state index in [-0.39, 0.29) is 30.5 Å². The van der Waals surface area contributed by atoms with Gasteiger partial charge in [-0.05, 0) is 29.0 Å². The number of piperazine rings is 1. The third-order valence-corrected chi connectivity index (χ3v) is 6.83. The van der Waals surface area contributed by atoms with Crippen molar-refractivity contribution in [2.75, 3.05) is 32.8 Å². The van der Waals surface area contributed by atoms with Gasteiger partial charge in [-0.15, -0.1) is 0 Å². The smallest absolute Gasteiger partial charge is 0.260 e. The van der Waals surface area contributed by atoms with E-state index in [4.69, 9.17) is 4.74 Å². The molecule has 1 saturated heterocycles. The molecule has 0 saturated carbocycles. The maximum Gasteiger partial charge on any atom is 0.260 e. The fourth-order valence-electron chi connectivity index (χ4n) is 3.31. The van der Waals surface area contributed by atoms with E-state index >= 15 is 0 Å². The predicted octanol–water partition coefficient (Wildman–Crippen LogP) is 2.15. The average Bonchev–Trinajstić information content (AvgIpc) is 2.78. The van der Waals surface area contributed by atoms with E-state index in [0.717, 1.165) is 10.8 Å². The molecule has 1 aliphatic heterocycles. The summed E-state index contributed by atoms with van der Waals surface area (Å²) in [5.41, 5.74) is 0. The lowest BCUT2D eigenvalue weighted by molar-refractivity contribution is -0.134. The van der Waals surface area contributed by atoms with Crippen molar-refractivity contribution in [1.29, 1.82) is 0 Å². The number of carbonyl (C=O) groups excluding carboxylic acids is 1. The van der Waals surface area contributed by atoms with Gasteiger partial charge in [-0.3, -0.25) is 4.79 Å². The summed E-state index contributed by atoms with van der Waals surface area (Å²) >= 11 is 0. The molecule has 0 unspecified atom stereocenters. The van der Waals surface area contributed by atoms with E-state index in [0.29, 0.717) is 19.0 Å². The molecule has 2 aromatic carbocycles. The summed E-state index contributed by atoms with van der Waals surface area (Å²) < 4.78 is 32.8. The van der Waals surface area contributed by atoms with Crippen LogP contribution in [0.15, 0.2) is 71.8 Å². The van der Waals surface area contributed by atoms with Gasteiger partial charge in [0, 0.05) is 38.4 Å². The van der Waals surface area contributed by atoms with Crippen LogP contribution >= 0.6 is 0 Å². The molecule has 8 heteroatoms. The molecule has 29 heavy (non-hydrogen) atoms. The number of aromatic nitrogens is 1. The molecule has 2 heterocycles. The van der Waals surface area contributed by atoms with Gasteiger partial charge >= 0.3 is 0 Å². The van der Waals surface area contributed by atoms with Crippen LogP contribution in [-0.2, 0) is 14.8 Å². The van der Waals surface area contributed by atoms with Crippen molar-refractivity contribution >= 4 is 26.7 Å². The monoisotopic (exact) mass is 411 g/mol. The molecule has 3 aromatic rings. The summed E-state index contributed by atoms with van der Waals surface area (Å²) in [4.78, 5) is 18.3. The zero-order valence-corrected chi connectivity index (χ0v) is 16.6. The first kappa shape index (κ1) is 19.4. The van der Waals surface area contributed by atoms with Crippen molar-refractivity contribution < 1.29 is 17.9 Å². The van der Waals surface area contributed by atoms with E-state index in [1.807, 2.05) is 30.3 Å². The molecule has 1 fully saturated rings. The molecular weight excluding hydrogens is 390 g/mol. The largest absolute Gasteiger partial charge is 0.468 e. The summed E-state index contributed by atoms with van der Waals surface area (Å²) in [6.07, 6.45) is 1.59. The lowest BCUT2D eigenvalue weighted by atomic mass is 10.1. The highest BCUT2D eigenvalue weighted by atomic mass is 32.2. The Morgan fingerprint density at radius 1 is 0.931 bits per heavy atom. The van der Waals surface area contributed by atoms with Crippen molar-refractivity contribution in [3.8, 4) is 5.88 Å². The average molecular weight is 411 g/mol. The minimum atomic E-state index is -3.60. The Balaban J connectivity index is 1.38. The van der Waals surface area contributed by atoms with Crippen molar-refractivity contribution in [2.24, 2.45) is 0 Å². The molecule has 1 aromatic heterocycles. The Morgan fingerprint density at radius 2 is 1.66 bits per heavy atom. The Labute approximate surface area is 169 Å². The first-order chi connectivity index (χ1) is 14.0. The lowest BCUT2D eigenvalue weighted by Crippen LogP contribution is -2.51. The third-order valence-electron chi connectivity index (χ3n) is 4.93. The number of benzene rings is 2. The fraction of sp³-hybridized carbons (Fsp3) is 0.238. The van der Waals surface area contributed by atoms with E-state index in [1.54, 1.807) is 41.4 Å². The summed E-state index contributed by atoms with van der Waals surface area (Å²) in [5, 5.41) is 1.88. The standard InChI is InChI=1S/C21H21N3O4S/c25-21(16-28-20-7-3-4-10-22-20)23-11-13-24(14-12-23)29(26,27)19-9-8-17-5-1-2-6-18(17)15-19/h1-10,15H,11-14,16H2. The van der Waals surface area contributed by atoms with Crippen LogP contribution < -0.4 is 4.74 Å². The number of amides is 1. The van der Waals surface area contributed by atoms with Gasteiger partial charge in [-0.1, -0.05) is 36.4 Å². The molecule has 0 atom stereocenters. The highest BCUT2D eigenvalue weighted by Crippen LogP contribution is 2.23. The molecule has 7 nitrogen and oxygen atoms in total. The number of pyridine rings is 1. The maximum absolute atomic E-state index is 13.0. The molecule has 1 aliphatic rings. The molecule has 0 aliphatic carbocycles. The summed E-state index contributed by atoms with van der Waals surface area (Å²) in [7, 11) is -3.60. The van der Waals surface area contributed by atoms with E-state index < -0.39 is 10.0 Å². The number of rotatable bonds is 5. The molecule has 4 rings (SSSR count). The normalized spacial score (nSPS) is 15.4. The lowest BCUT2D eigenvalue weighted by Gasteiger charge is -2.34. The van der Waals surface area contributed by atoms with Crippen molar-refractivity contribution in [3.05, 3.63) is 66.9 Å². The molecule has 0 radical (unpaired) electrons. The van der Waals surface area contributed by atoms with Gasteiger partial charge < -0.3 is 9.64 Å². The van der Waals surface area contributed by atoms with Crippen LogP contribution in [0.3, 0.4) is 0 Å². The van der Waals surface area contributed by atoms with Crippen LogP contribution in [0.2, 0.25) is 0 Å². The highest BCUT2D eigenvalue weighted by molar-refractivity contribution is 7.89. The van der Waals surface area contributed by atoms with Crippen LogP contribution in [0.25, 0.3) is 10.8 Å². The first-order valence-electron chi connectivity index (χ1n) is 9.34. The van der Waals surface area contributed by atoms with E-state index in [1.165, 1.54) is 4.31 Å². The maximum atomic E-state index is 13.0. The number of nitrogens with zero attached hydrogens (tertiary/aromatic N) is 3. The molecular formula is C21H21N3O4S. The summed E-state index contributed by atoms with van der Waals surface area (Å²) in [6.45, 7) is 1.05. The van der Waals surface area contributed by atoms with Crippen molar-refractivity contribution in [3.63, 3.8) is 0 Å². The number of ether oxygens (including phenoxy) is 1. The Bertz CT molecular complexity index is 1110. The molecule has 0 N–H and O–H groups in total. The number of hydrogen-bond donors (Lipinski definition) is 0. The Morgan fingerprint density at radius 3 is 2.38 bits per heavy atom. The quantitative estimate of drug-likeness (QED) is 0.643. The van der Waals surface area contributed by atoms with Gasteiger partial charge in [-0.2, -0.15) is 4.31 Å². The van der Waals surface area contributed by atoms with Crippen LogP contribution in [0.5, 0.6) is 5.88 Å². The number of fused-ring (bicyclic) bond motifs is 1. The first-order valence-corrected chi connectivity index (χ1v) is 10.8. The van der Waals surface area contributed by atoms with Gasteiger partial charge in [0.1, 0.15) is 0 Å². The van der Waals surface area contributed by atoms with Crippen LogP contribution in [0.4, 0.5) is 0 Å². The minimum Gasteiger partial charge on any atom is -0.468 e. The third kappa shape index (κ3) is 4.23. The van der Waals surface area contributed by atoms with Crippen LogP contribution in [-0.4, -0.2) is 61.3 Å². The van der Waals surface area contributed by atoms with Gasteiger partial charge in [0.05, 0.1) is 4.90 Å². The SMILES string of the molecule is O=C(COc1ccccn1)N1CCN(S(=O)(=O)c2ccc3ccccc3c2)CC1. The Hall–Kier alpha value is -2.97. The van der Waals surface area contributed by atoms with Gasteiger partial charge in [0.2, 0.25) is 15.9 Å². The van der Waals surface area contributed by atoms with Gasteiger partial charge in [0.25, 0.3) is 5.91 Å². The van der Waals surface area contributed by atoms with E-state index in [2.05, 4.69) is 4.98 Å². The Kier molecular flexibility index (Phi) is 5.46. The molecule has 1 amide bonds. The molecule has 0 bridgehead atoms. The second-order valence-electron chi connectivity index (χ2n) is 6.75. The predicted molar refractivity (Wildman–Crippen MR) is 109 cm³/mol. The summed E-state index contributed by atoms with van der Waals surface area (Å²) in [6, 6.07) is 18.0. The second kappa shape index (κ2) is 8.18. The number of carbonyl (C=O) groups is 1. The van der Waals surface area contributed by atoms with Crippen molar-refractivity contribution in [2.45, 2.75) is 4.90 Å². The zero-order valence-electron chi connectivity index (χ0n) is 15.8. The number of sulfonamides is 1. The van der Waals surface area contributed by atoms with Crippen LogP contribution in [0.1, 0.15) is 0 Å². The highest BCUT2D eigenvalue weighted by Gasteiger charge is 2.30. The van der Waals surface area contributed by atoms with E-state index in [9.17, 15) is 13.2 Å². The zero-order chi connectivity index (χ0) is 20.3.